The molecule has 0 radical (unpaired) electrons. The molecule has 2 aliphatic heterocycles. The predicted octanol–water partition coefficient (Wildman–Crippen LogP) is 10.6. The highest BCUT2D eigenvalue weighted by Crippen LogP contribution is 2.51. The quantitative estimate of drug-likeness (QED) is 0.0686. The van der Waals surface area contributed by atoms with Crippen LogP contribution >= 0.6 is 0 Å². The van der Waals surface area contributed by atoms with E-state index in [1.54, 1.807) is 0 Å². The topological polar surface area (TPSA) is 207 Å². The van der Waals surface area contributed by atoms with Crippen LogP contribution < -0.4 is 0 Å². The van der Waals surface area contributed by atoms with Gasteiger partial charge in [0.15, 0.2) is 0 Å². The number of H-pyrrole nitrogens is 2. The molecule has 0 aliphatic carbocycles. The fourth-order valence-electron chi connectivity index (χ4n) is 9.59. The molecular weight excluding hydrogens is 809 g/mol. The number of rotatable bonds is 12. The molecule has 4 unspecified atom stereocenters. The summed E-state index contributed by atoms with van der Waals surface area (Å²) < 4.78 is 0. The van der Waals surface area contributed by atoms with E-state index in [4.69, 9.17) is 9.97 Å². The van der Waals surface area contributed by atoms with E-state index in [2.05, 4.69) is 9.97 Å². The lowest BCUT2D eigenvalue weighted by molar-refractivity contribution is -0.140. The van der Waals surface area contributed by atoms with Crippen LogP contribution in [0.25, 0.3) is 66.6 Å². The molecule has 5 heterocycles. The highest BCUT2D eigenvalue weighted by atomic mass is 16.4. The number of nitrogens with one attached hydrogen (secondary N) is 2. The van der Waals surface area contributed by atoms with E-state index in [9.17, 15) is 39.6 Å². The van der Waals surface area contributed by atoms with Crippen LogP contribution in [-0.2, 0) is 19.2 Å². The number of benzene rings is 4. The third kappa shape index (κ3) is 7.93. The molecule has 318 valence electrons. The third-order valence-corrected chi connectivity index (χ3v) is 12.2. The van der Waals surface area contributed by atoms with Crippen molar-refractivity contribution in [1.82, 2.24) is 19.9 Å². The van der Waals surface area contributed by atoms with E-state index in [0.29, 0.717) is 89.4 Å². The molecule has 0 fully saturated rings. The first-order chi connectivity index (χ1) is 31.0. The molecular formula is C52H42N4O8. The summed E-state index contributed by atoms with van der Waals surface area (Å²) in [5.41, 5.74) is 8.83. The Kier molecular flexibility index (Phi) is 11.2. The van der Waals surface area contributed by atoms with Crippen LogP contribution in [0.5, 0.6) is 0 Å². The average Bonchev–Trinajstić information content (AvgIpc) is 4.09. The van der Waals surface area contributed by atoms with Gasteiger partial charge in [-0.3, -0.25) is 29.1 Å². The van der Waals surface area contributed by atoms with Crippen LogP contribution in [0, 0.1) is 0 Å². The summed E-state index contributed by atoms with van der Waals surface area (Å²) in [6, 6.07) is 44.9. The number of fused-ring (bicyclic) bond motifs is 8. The van der Waals surface area contributed by atoms with Gasteiger partial charge >= 0.3 is 23.9 Å². The zero-order valence-electron chi connectivity index (χ0n) is 34.3. The zero-order chi connectivity index (χ0) is 44.5. The first-order valence-electron chi connectivity index (χ1n) is 20.9. The molecule has 0 spiro atoms. The zero-order valence-corrected chi connectivity index (χ0v) is 34.3. The molecule has 4 aromatic carbocycles. The molecule has 64 heavy (non-hydrogen) atoms. The maximum atomic E-state index is 12.9. The van der Waals surface area contributed by atoms with Gasteiger partial charge in [0.25, 0.3) is 0 Å². The summed E-state index contributed by atoms with van der Waals surface area (Å²) in [6.07, 6.45) is -1.64. The number of nitrogens with zero attached hydrogens (tertiary/aromatic N) is 2. The monoisotopic (exact) mass is 850 g/mol. The number of carboxylic acids is 4. The Labute approximate surface area is 366 Å². The molecule has 7 aromatic rings. The molecule has 3 aromatic heterocycles. The van der Waals surface area contributed by atoms with Gasteiger partial charge in [-0.2, -0.15) is 0 Å². The van der Waals surface area contributed by atoms with E-state index in [-0.39, 0.29) is 0 Å². The van der Waals surface area contributed by atoms with E-state index in [0.717, 1.165) is 0 Å². The van der Waals surface area contributed by atoms with Gasteiger partial charge in [-0.15, -0.1) is 0 Å². The highest BCUT2D eigenvalue weighted by molar-refractivity contribution is 5.94. The van der Waals surface area contributed by atoms with E-state index < -0.39 is 73.2 Å². The van der Waals surface area contributed by atoms with E-state index in [1.807, 2.05) is 146 Å². The Hall–Kier alpha value is -8.12. The van der Waals surface area contributed by atoms with Crippen LogP contribution in [-0.4, -0.2) is 64.2 Å². The van der Waals surface area contributed by atoms with Gasteiger partial charge in [0.05, 0.1) is 48.5 Å². The fraction of sp³-hybridized carbons (Fsp3) is 0.154. The van der Waals surface area contributed by atoms with Crippen LogP contribution in [0.4, 0.5) is 0 Å². The Morgan fingerprint density at radius 1 is 0.344 bits per heavy atom. The Balaban J connectivity index is 1.57. The number of carbonyl (C=O) groups is 4. The standard InChI is InChI=1S/C52H42N4O8/c57-41(58)25-33-34(26-42(59)60)50-47(31-17-9-3-10-18-31)39-23-24-40(54-39)48(32-19-11-4-12-20-32)52-36(28-44(63)64)35(27-43(61)62)51(56-52)46(30-15-7-2-8-16-30)38-22-21-37(53-38)45(49(33)55-50)29-13-5-1-6-14-29/h1-24,33-36,53-54H,25-28H2,(H,57,58)(H,59,60)(H,61,62)(H,63,64). The lowest BCUT2D eigenvalue weighted by atomic mass is 9.80. The molecule has 12 heteroatoms. The molecule has 12 nitrogen and oxygen atoms in total. The van der Waals surface area contributed by atoms with Gasteiger partial charge in [-0.25, -0.2) is 0 Å². The predicted molar refractivity (Wildman–Crippen MR) is 243 cm³/mol. The summed E-state index contributed by atoms with van der Waals surface area (Å²) in [4.78, 5) is 69.5. The Morgan fingerprint density at radius 2 is 0.547 bits per heavy atom. The smallest absolute Gasteiger partial charge is 0.304 e. The van der Waals surface area contributed by atoms with Crippen LogP contribution in [0.15, 0.2) is 146 Å². The molecule has 0 amide bonds. The maximum Gasteiger partial charge on any atom is 0.304 e. The van der Waals surface area contributed by atoms with Gasteiger partial charge in [0.2, 0.25) is 0 Å². The van der Waals surface area contributed by atoms with E-state index in [1.165, 1.54) is 0 Å². The van der Waals surface area contributed by atoms with Crippen molar-refractivity contribution in [2.75, 3.05) is 0 Å². The first kappa shape index (κ1) is 41.2. The normalized spacial score (nSPS) is 16.9. The summed E-state index contributed by atoms with van der Waals surface area (Å²) in [7, 11) is 0. The molecule has 8 bridgehead atoms. The minimum absolute atomic E-state index is 0.396. The average molecular weight is 851 g/mol. The fourth-order valence-corrected chi connectivity index (χ4v) is 9.59. The summed E-state index contributed by atoms with van der Waals surface area (Å²) in [5.74, 6) is -7.99. The minimum Gasteiger partial charge on any atom is -0.481 e. The van der Waals surface area contributed by atoms with Crippen molar-refractivity contribution in [3.05, 3.63) is 168 Å². The van der Waals surface area contributed by atoms with Gasteiger partial charge in [-0.1, -0.05) is 121 Å². The number of carboxylic acid groups (broad SMARTS) is 4. The van der Waals surface area contributed by atoms with Crippen molar-refractivity contribution in [1.29, 1.82) is 0 Å². The second-order valence-corrected chi connectivity index (χ2v) is 16.1. The first-order valence-corrected chi connectivity index (χ1v) is 20.9. The Bertz CT molecular complexity index is 2680. The number of hydrogen-bond acceptors (Lipinski definition) is 6. The molecule has 6 N–H and O–H groups in total. The second kappa shape index (κ2) is 17.3. The van der Waals surface area contributed by atoms with Gasteiger partial charge < -0.3 is 30.4 Å². The number of aromatic amines is 2. The molecule has 4 atom stereocenters. The highest BCUT2D eigenvalue weighted by Gasteiger charge is 2.41. The minimum atomic E-state index is -1.11. The lowest BCUT2D eigenvalue weighted by Crippen LogP contribution is -2.15. The molecule has 0 saturated heterocycles. The van der Waals surface area contributed by atoms with Crippen molar-refractivity contribution in [2.24, 2.45) is 0 Å². The number of aliphatic carboxylic acids is 4. The summed E-state index contributed by atoms with van der Waals surface area (Å²) >= 11 is 0. The van der Waals surface area contributed by atoms with Crippen LogP contribution in [0.3, 0.4) is 0 Å². The van der Waals surface area contributed by atoms with Crippen molar-refractivity contribution in [2.45, 2.75) is 49.4 Å². The SMILES string of the molecule is O=C(O)CC1c2nc(c(-c3ccccc3)c3ccc([nH]3)c(-c3ccccc3)c3nc(c(-c4ccccc4)c4ccc([nH]4)c2-c2ccccc2)C(CC(=O)O)C3CC(=O)O)C1CC(=O)O. The van der Waals surface area contributed by atoms with Gasteiger partial charge in [0, 0.05) is 68.0 Å². The Morgan fingerprint density at radius 3 is 0.734 bits per heavy atom. The summed E-state index contributed by atoms with van der Waals surface area (Å²) in [6.45, 7) is 0. The van der Waals surface area contributed by atoms with Crippen molar-refractivity contribution in [3.8, 4) is 44.5 Å². The molecule has 2 aliphatic rings. The molecule has 9 rings (SSSR count). The van der Waals surface area contributed by atoms with Crippen molar-refractivity contribution < 1.29 is 39.6 Å². The lowest BCUT2D eigenvalue weighted by Gasteiger charge is -2.20. The number of hydrogen-bond donors (Lipinski definition) is 6. The molecule has 0 saturated carbocycles. The maximum absolute atomic E-state index is 12.9. The van der Waals surface area contributed by atoms with Crippen LogP contribution in [0.2, 0.25) is 0 Å². The number of aromatic nitrogens is 4. The second-order valence-electron chi connectivity index (χ2n) is 16.1. The van der Waals surface area contributed by atoms with Gasteiger partial charge in [-0.05, 0) is 46.5 Å². The van der Waals surface area contributed by atoms with Crippen LogP contribution in [0.1, 0.15) is 72.1 Å². The third-order valence-electron chi connectivity index (χ3n) is 12.2. The largest absolute Gasteiger partial charge is 0.481 e. The van der Waals surface area contributed by atoms with Crippen molar-refractivity contribution in [3.63, 3.8) is 0 Å². The van der Waals surface area contributed by atoms with E-state index >= 15 is 0 Å². The summed E-state index contributed by atoms with van der Waals surface area (Å²) in [5, 5.41) is 42.1. The van der Waals surface area contributed by atoms with Crippen molar-refractivity contribution >= 4 is 45.9 Å². The van der Waals surface area contributed by atoms with Gasteiger partial charge in [0.1, 0.15) is 0 Å².